The zero-order chi connectivity index (χ0) is 12.8. The van der Waals surface area contributed by atoms with Gasteiger partial charge in [0.15, 0.2) is 0 Å². The number of imidazole rings is 1. The molecule has 1 unspecified atom stereocenters. The Kier molecular flexibility index (Phi) is 4.96. The molecule has 0 aliphatic carbocycles. The van der Waals surface area contributed by atoms with E-state index in [1.807, 2.05) is 24.6 Å². The van der Waals surface area contributed by atoms with Crippen molar-refractivity contribution >= 4 is 11.3 Å². The lowest BCUT2D eigenvalue weighted by molar-refractivity contribution is 0.523. The van der Waals surface area contributed by atoms with Crippen LogP contribution in [0, 0.1) is 0 Å². The molecule has 98 valence electrons. The SMILES string of the molecule is CCCn1ccnc1CC(Cc1cccs1)NC. The predicted octanol–water partition coefficient (Wildman–Crippen LogP) is 2.73. The highest BCUT2D eigenvalue weighted by atomic mass is 32.1. The van der Waals surface area contributed by atoms with E-state index in [0.29, 0.717) is 6.04 Å². The molecule has 3 nitrogen and oxygen atoms in total. The average molecular weight is 263 g/mol. The lowest BCUT2D eigenvalue weighted by Gasteiger charge is -2.16. The van der Waals surface area contributed by atoms with Crippen LogP contribution in [-0.4, -0.2) is 22.6 Å². The molecule has 0 aliphatic rings. The zero-order valence-electron chi connectivity index (χ0n) is 11.1. The molecule has 2 rings (SSSR count). The summed E-state index contributed by atoms with van der Waals surface area (Å²) in [6.07, 6.45) is 7.20. The quantitative estimate of drug-likeness (QED) is 0.832. The number of aryl methyl sites for hydroxylation is 1. The summed E-state index contributed by atoms with van der Waals surface area (Å²) in [5.41, 5.74) is 0. The summed E-state index contributed by atoms with van der Waals surface area (Å²) in [4.78, 5) is 5.91. The minimum Gasteiger partial charge on any atom is -0.335 e. The first-order valence-electron chi connectivity index (χ1n) is 6.53. The fourth-order valence-electron chi connectivity index (χ4n) is 2.14. The smallest absolute Gasteiger partial charge is 0.110 e. The largest absolute Gasteiger partial charge is 0.335 e. The van der Waals surface area contributed by atoms with E-state index in [9.17, 15) is 0 Å². The maximum absolute atomic E-state index is 4.48. The van der Waals surface area contributed by atoms with Gasteiger partial charge in [0.2, 0.25) is 0 Å². The Morgan fingerprint density at radius 1 is 1.44 bits per heavy atom. The molecule has 4 heteroatoms. The Morgan fingerprint density at radius 2 is 2.33 bits per heavy atom. The number of hydrogen-bond donors (Lipinski definition) is 1. The Bertz CT molecular complexity index is 447. The molecule has 1 atom stereocenters. The fraction of sp³-hybridized carbons (Fsp3) is 0.500. The highest BCUT2D eigenvalue weighted by Gasteiger charge is 2.12. The van der Waals surface area contributed by atoms with Crippen LogP contribution in [0.3, 0.4) is 0 Å². The van der Waals surface area contributed by atoms with Crippen molar-refractivity contribution in [2.45, 2.75) is 38.8 Å². The molecule has 2 aromatic heterocycles. The molecule has 18 heavy (non-hydrogen) atoms. The van der Waals surface area contributed by atoms with Crippen molar-refractivity contribution in [1.82, 2.24) is 14.9 Å². The van der Waals surface area contributed by atoms with Gasteiger partial charge in [-0.25, -0.2) is 4.98 Å². The molecule has 0 amide bonds. The third kappa shape index (κ3) is 3.43. The number of likely N-dealkylation sites (N-methyl/N-ethyl adjacent to an activating group) is 1. The minimum atomic E-state index is 0.460. The van der Waals surface area contributed by atoms with E-state index in [-0.39, 0.29) is 0 Å². The first-order valence-corrected chi connectivity index (χ1v) is 7.41. The number of rotatable bonds is 7. The predicted molar refractivity (Wildman–Crippen MR) is 77.1 cm³/mol. The van der Waals surface area contributed by atoms with E-state index in [1.165, 1.54) is 10.7 Å². The summed E-state index contributed by atoms with van der Waals surface area (Å²) in [5.74, 6) is 1.19. The van der Waals surface area contributed by atoms with Gasteiger partial charge in [-0.15, -0.1) is 11.3 Å². The molecular weight excluding hydrogens is 242 g/mol. The summed E-state index contributed by atoms with van der Waals surface area (Å²) in [7, 11) is 2.03. The number of hydrogen-bond acceptors (Lipinski definition) is 3. The highest BCUT2D eigenvalue weighted by molar-refractivity contribution is 7.09. The Morgan fingerprint density at radius 3 is 3.00 bits per heavy atom. The van der Waals surface area contributed by atoms with Crippen LogP contribution in [-0.2, 0) is 19.4 Å². The Balaban J connectivity index is 1.99. The maximum Gasteiger partial charge on any atom is 0.110 e. The molecule has 0 radical (unpaired) electrons. The van der Waals surface area contributed by atoms with E-state index >= 15 is 0 Å². The first kappa shape index (κ1) is 13.3. The summed E-state index contributed by atoms with van der Waals surface area (Å²) in [6.45, 7) is 3.26. The molecule has 1 N–H and O–H groups in total. The van der Waals surface area contributed by atoms with Crippen LogP contribution in [0.15, 0.2) is 29.9 Å². The van der Waals surface area contributed by atoms with Crippen LogP contribution in [0.5, 0.6) is 0 Å². The summed E-state index contributed by atoms with van der Waals surface area (Å²) in [6, 6.07) is 4.78. The number of aromatic nitrogens is 2. The lowest BCUT2D eigenvalue weighted by Crippen LogP contribution is -2.30. The summed E-state index contributed by atoms with van der Waals surface area (Å²) in [5, 5.41) is 5.54. The van der Waals surface area contributed by atoms with E-state index in [2.05, 4.69) is 45.5 Å². The molecule has 0 spiro atoms. The highest BCUT2D eigenvalue weighted by Crippen LogP contribution is 2.13. The van der Waals surface area contributed by atoms with Crippen molar-refractivity contribution in [3.63, 3.8) is 0 Å². The van der Waals surface area contributed by atoms with Crippen LogP contribution in [0.25, 0.3) is 0 Å². The second-order valence-electron chi connectivity index (χ2n) is 4.51. The topological polar surface area (TPSA) is 29.9 Å². The van der Waals surface area contributed by atoms with Gasteiger partial charge in [0.1, 0.15) is 5.82 Å². The average Bonchev–Trinajstić information content (AvgIpc) is 3.01. The van der Waals surface area contributed by atoms with Gasteiger partial charge < -0.3 is 9.88 Å². The van der Waals surface area contributed by atoms with Gasteiger partial charge in [-0.05, 0) is 31.3 Å². The number of thiophene rings is 1. The number of nitrogens with one attached hydrogen (secondary N) is 1. The van der Waals surface area contributed by atoms with Crippen molar-refractivity contribution in [2.24, 2.45) is 0 Å². The first-order chi connectivity index (χ1) is 8.83. The van der Waals surface area contributed by atoms with Gasteiger partial charge in [-0.2, -0.15) is 0 Å². The monoisotopic (exact) mass is 263 g/mol. The van der Waals surface area contributed by atoms with Crippen molar-refractivity contribution in [3.8, 4) is 0 Å². The van der Waals surface area contributed by atoms with Crippen LogP contribution in [0.1, 0.15) is 24.0 Å². The molecule has 0 saturated carbocycles. The standard InChI is InChI=1S/C14H21N3S/c1-3-7-17-8-6-16-14(17)11-12(15-2)10-13-5-4-9-18-13/h4-6,8-9,12,15H,3,7,10-11H2,1-2H3. The van der Waals surface area contributed by atoms with Gasteiger partial charge in [0.05, 0.1) is 0 Å². The van der Waals surface area contributed by atoms with E-state index in [1.54, 1.807) is 0 Å². The van der Waals surface area contributed by atoms with Gasteiger partial charge in [0, 0.05) is 36.3 Å². The summed E-state index contributed by atoms with van der Waals surface area (Å²) < 4.78 is 2.26. The lowest BCUT2D eigenvalue weighted by atomic mass is 10.1. The van der Waals surface area contributed by atoms with Gasteiger partial charge in [-0.3, -0.25) is 0 Å². The van der Waals surface area contributed by atoms with Crippen LogP contribution >= 0.6 is 11.3 Å². The van der Waals surface area contributed by atoms with E-state index in [4.69, 9.17) is 0 Å². The Labute approximate surface area is 113 Å². The van der Waals surface area contributed by atoms with E-state index < -0.39 is 0 Å². The van der Waals surface area contributed by atoms with Crippen molar-refractivity contribution in [2.75, 3.05) is 7.05 Å². The van der Waals surface area contributed by atoms with Gasteiger partial charge in [0.25, 0.3) is 0 Å². The molecule has 2 aromatic rings. The second kappa shape index (κ2) is 6.71. The maximum atomic E-state index is 4.48. The zero-order valence-corrected chi connectivity index (χ0v) is 11.9. The normalized spacial score (nSPS) is 12.8. The van der Waals surface area contributed by atoms with Crippen LogP contribution in [0.2, 0.25) is 0 Å². The van der Waals surface area contributed by atoms with Crippen LogP contribution < -0.4 is 5.32 Å². The molecule has 0 fully saturated rings. The number of nitrogens with zero attached hydrogens (tertiary/aromatic N) is 2. The molecule has 0 saturated heterocycles. The fourth-order valence-corrected chi connectivity index (χ4v) is 2.93. The second-order valence-corrected chi connectivity index (χ2v) is 5.54. The minimum absolute atomic E-state index is 0.460. The molecule has 0 bridgehead atoms. The van der Waals surface area contributed by atoms with E-state index in [0.717, 1.165) is 25.8 Å². The third-order valence-corrected chi connectivity index (χ3v) is 4.03. The molecule has 0 aliphatic heterocycles. The molecular formula is C14H21N3S. The van der Waals surface area contributed by atoms with Gasteiger partial charge in [-0.1, -0.05) is 13.0 Å². The Hall–Kier alpha value is -1.13. The molecule has 2 heterocycles. The summed E-state index contributed by atoms with van der Waals surface area (Å²) >= 11 is 1.83. The van der Waals surface area contributed by atoms with Crippen LogP contribution in [0.4, 0.5) is 0 Å². The molecule has 0 aromatic carbocycles. The van der Waals surface area contributed by atoms with Crippen molar-refractivity contribution in [1.29, 1.82) is 0 Å². The van der Waals surface area contributed by atoms with Gasteiger partial charge >= 0.3 is 0 Å². The van der Waals surface area contributed by atoms with Crippen molar-refractivity contribution in [3.05, 3.63) is 40.6 Å². The third-order valence-electron chi connectivity index (χ3n) is 3.13. The van der Waals surface area contributed by atoms with Crippen molar-refractivity contribution < 1.29 is 0 Å².